The van der Waals surface area contributed by atoms with Crippen molar-refractivity contribution in [2.24, 2.45) is 0 Å². The highest BCUT2D eigenvalue weighted by molar-refractivity contribution is 7.89. The van der Waals surface area contributed by atoms with Gasteiger partial charge in [0.25, 0.3) is 0 Å². The Kier molecular flexibility index (Phi) is 5.43. The summed E-state index contributed by atoms with van der Waals surface area (Å²) in [5.41, 5.74) is 0. The molecule has 0 aromatic heterocycles. The minimum atomic E-state index is -3.43. The number of benzene rings is 1. The first-order valence-corrected chi connectivity index (χ1v) is 8.87. The van der Waals surface area contributed by atoms with Crippen molar-refractivity contribution < 1.29 is 8.42 Å². The van der Waals surface area contributed by atoms with Crippen LogP contribution < -0.4 is 4.72 Å². The molecule has 1 aliphatic heterocycles. The lowest BCUT2D eigenvalue weighted by molar-refractivity contribution is 0.208. The molecule has 1 aliphatic rings. The van der Waals surface area contributed by atoms with Gasteiger partial charge in [0, 0.05) is 11.1 Å². The Balaban J connectivity index is 1.94. The van der Waals surface area contributed by atoms with E-state index in [-0.39, 0.29) is 10.9 Å². The Morgan fingerprint density at radius 1 is 1.25 bits per heavy atom. The molecule has 1 aromatic rings. The van der Waals surface area contributed by atoms with Gasteiger partial charge < -0.3 is 4.90 Å². The maximum atomic E-state index is 12.3. The minimum absolute atomic E-state index is 0.0313. The zero-order valence-corrected chi connectivity index (χ0v) is 13.3. The van der Waals surface area contributed by atoms with Crippen LogP contribution in [0.25, 0.3) is 0 Å². The average Bonchev–Trinajstić information content (AvgIpc) is 2.41. The lowest BCUT2D eigenvalue weighted by atomic mass is 10.1. The molecule has 0 spiro atoms. The standard InChI is InChI=1S/C14H21ClN2O2S/c1-2-9-17-10-7-13(8-11-17)16-20(18,19)14-5-3-12(15)4-6-14/h3-6,13,16H,2,7-11H2,1H3. The van der Waals surface area contributed by atoms with Gasteiger partial charge in [-0.25, -0.2) is 13.1 Å². The SMILES string of the molecule is CCCN1CCC(NS(=O)(=O)c2ccc(Cl)cc2)CC1. The quantitative estimate of drug-likeness (QED) is 0.908. The molecular formula is C14H21ClN2O2S. The largest absolute Gasteiger partial charge is 0.303 e. The summed E-state index contributed by atoms with van der Waals surface area (Å²) in [6.45, 7) is 5.18. The highest BCUT2D eigenvalue weighted by atomic mass is 35.5. The fourth-order valence-corrected chi connectivity index (χ4v) is 3.92. The molecule has 1 aromatic carbocycles. The van der Waals surface area contributed by atoms with E-state index < -0.39 is 10.0 Å². The molecule has 6 heteroatoms. The highest BCUT2D eigenvalue weighted by Gasteiger charge is 2.24. The van der Waals surface area contributed by atoms with Crippen molar-refractivity contribution in [1.82, 2.24) is 9.62 Å². The van der Waals surface area contributed by atoms with Crippen LogP contribution in [0.3, 0.4) is 0 Å². The van der Waals surface area contributed by atoms with E-state index in [1.54, 1.807) is 12.1 Å². The topological polar surface area (TPSA) is 49.4 Å². The van der Waals surface area contributed by atoms with E-state index in [9.17, 15) is 8.42 Å². The number of hydrogen-bond acceptors (Lipinski definition) is 3. The van der Waals surface area contributed by atoms with E-state index >= 15 is 0 Å². The normalized spacial score (nSPS) is 18.3. The first kappa shape index (κ1) is 15.8. The summed E-state index contributed by atoms with van der Waals surface area (Å²) in [4.78, 5) is 2.66. The second-order valence-electron chi connectivity index (χ2n) is 5.19. The zero-order valence-electron chi connectivity index (χ0n) is 11.7. The average molecular weight is 317 g/mol. The monoisotopic (exact) mass is 316 g/mol. The third-order valence-corrected chi connectivity index (χ3v) is 5.36. The van der Waals surface area contributed by atoms with E-state index in [1.165, 1.54) is 12.1 Å². The molecule has 0 atom stereocenters. The molecule has 0 radical (unpaired) electrons. The first-order valence-electron chi connectivity index (χ1n) is 7.01. The van der Waals surface area contributed by atoms with Crippen LogP contribution in [0.15, 0.2) is 29.2 Å². The predicted octanol–water partition coefficient (Wildman–Crippen LogP) is 2.49. The van der Waals surface area contributed by atoms with Crippen LogP contribution in [0.1, 0.15) is 26.2 Å². The molecule has 0 amide bonds. The molecule has 2 rings (SSSR count). The third-order valence-electron chi connectivity index (χ3n) is 3.57. The summed E-state index contributed by atoms with van der Waals surface area (Å²) in [6.07, 6.45) is 2.88. The molecule has 1 saturated heterocycles. The number of piperidine rings is 1. The van der Waals surface area contributed by atoms with Crippen LogP contribution in [0, 0.1) is 0 Å². The van der Waals surface area contributed by atoms with Gasteiger partial charge >= 0.3 is 0 Å². The van der Waals surface area contributed by atoms with Gasteiger partial charge in [0.05, 0.1) is 4.90 Å². The summed E-state index contributed by atoms with van der Waals surface area (Å²) in [6, 6.07) is 6.30. The summed E-state index contributed by atoms with van der Waals surface area (Å²) in [7, 11) is -3.43. The van der Waals surface area contributed by atoms with E-state index in [4.69, 9.17) is 11.6 Å². The van der Waals surface area contributed by atoms with Gasteiger partial charge in [0.2, 0.25) is 10.0 Å². The maximum Gasteiger partial charge on any atom is 0.240 e. The van der Waals surface area contributed by atoms with E-state index in [2.05, 4.69) is 16.5 Å². The number of rotatable bonds is 5. The summed E-state index contributed by atoms with van der Waals surface area (Å²) in [5.74, 6) is 0. The molecule has 0 saturated carbocycles. The van der Waals surface area contributed by atoms with Gasteiger partial charge in [-0.3, -0.25) is 0 Å². The molecule has 112 valence electrons. The molecule has 20 heavy (non-hydrogen) atoms. The second-order valence-corrected chi connectivity index (χ2v) is 7.34. The van der Waals surface area contributed by atoms with E-state index in [0.29, 0.717) is 5.02 Å². The Morgan fingerprint density at radius 2 is 1.85 bits per heavy atom. The predicted molar refractivity (Wildman–Crippen MR) is 81.5 cm³/mol. The molecular weight excluding hydrogens is 296 g/mol. The van der Waals surface area contributed by atoms with Crippen molar-refractivity contribution in [2.75, 3.05) is 19.6 Å². The molecule has 4 nitrogen and oxygen atoms in total. The molecule has 0 aliphatic carbocycles. The Hall–Kier alpha value is -0.620. The summed E-state index contributed by atoms with van der Waals surface area (Å²) in [5, 5.41) is 0.539. The molecule has 0 unspecified atom stereocenters. The lowest BCUT2D eigenvalue weighted by Gasteiger charge is -2.31. The van der Waals surface area contributed by atoms with Crippen LogP contribution in [-0.4, -0.2) is 39.0 Å². The number of nitrogens with one attached hydrogen (secondary N) is 1. The van der Waals surface area contributed by atoms with Gasteiger partial charge in [0.1, 0.15) is 0 Å². The molecule has 0 bridgehead atoms. The number of hydrogen-bond donors (Lipinski definition) is 1. The van der Waals surface area contributed by atoms with Crippen molar-refractivity contribution in [1.29, 1.82) is 0 Å². The number of nitrogens with zero attached hydrogens (tertiary/aromatic N) is 1. The van der Waals surface area contributed by atoms with Crippen molar-refractivity contribution in [3.63, 3.8) is 0 Å². The van der Waals surface area contributed by atoms with Crippen molar-refractivity contribution in [2.45, 2.75) is 37.1 Å². The Morgan fingerprint density at radius 3 is 2.40 bits per heavy atom. The summed E-state index contributed by atoms with van der Waals surface area (Å²) < 4.78 is 27.3. The van der Waals surface area contributed by atoms with Gasteiger partial charge in [0.15, 0.2) is 0 Å². The van der Waals surface area contributed by atoms with Gasteiger partial charge in [-0.05, 0) is 63.2 Å². The maximum absolute atomic E-state index is 12.3. The first-order chi connectivity index (χ1) is 9.51. The molecule has 1 N–H and O–H groups in total. The van der Waals surface area contributed by atoms with Gasteiger partial charge in [-0.1, -0.05) is 18.5 Å². The van der Waals surface area contributed by atoms with Crippen molar-refractivity contribution in [3.05, 3.63) is 29.3 Å². The lowest BCUT2D eigenvalue weighted by Crippen LogP contribution is -2.44. The van der Waals surface area contributed by atoms with Crippen LogP contribution in [0.2, 0.25) is 5.02 Å². The number of likely N-dealkylation sites (tertiary alicyclic amines) is 1. The van der Waals surface area contributed by atoms with Crippen molar-refractivity contribution in [3.8, 4) is 0 Å². The fourth-order valence-electron chi connectivity index (χ4n) is 2.49. The smallest absolute Gasteiger partial charge is 0.240 e. The van der Waals surface area contributed by atoms with Crippen molar-refractivity contribution >= 4 is 21.6 Å². The van der Waals surface area contributed by atoms with Crippen LogP contribution >= 0.6 is 11.6 Å². The Bertz CT molecular complexity index is 523. The fraction of sp³-hybridized carbons (Fsp3) is 0.571. The Labute approximate surface area is 126 Å². The highest BCUT2D eigenvalue weighted by Crippen LogP contribution is 2.17. The molecule has 1 heterocycles. The van der Waals surface area contributed by atoms with Crippen LogP contribution in [0.5, 0.6) is 0 Å². The molecule has 1 fully saturated rings. The number of halogens is 1. The van der Waals surface area contributed by atoms with Crippen LogP contribution in [0.4, 0.5) is 0 Å². The minimum Gasteiger partial charge on any atom is -0.303 e. The third kappa shape index (κ3) is 4.19. The van der Waals surface area contributed by atoms with E-state index in [0.717, 1.165) is 38.9 Å². The number of sulfonamides is 1. The summed E-state index contributed by atoms with van der Waals surface area (Å²) >= 11 is 5.78. The second kappa shape index (κ2) is 6.89. The van der Waals surface area contributed by atoms with E-state index in [1.807, 2.05) is 0 Å². The zero-order chi connectivity index (χ0) is 14.6. The van der Waals surface area contributed by atoms with Gasteiger partial charge in [-0.2, -0.15) is 0 Å². The van der Waals surface area contributed by atoms with Crippen LogP contribution in [-0.2, 0) is 10.0 Å². The van der Waals surface area contributed by atoms with Gasteiger partial charge in [-0.15, -0.1) is 0 Å².